The van der Waals surface area contributed by atoms with Crippen molar-refractivity contribution in [2.75, 3.05) is 13.1 Å². The lowest BCUT2D eigenvalue weighted by Gasteiger charge is -2.22. The van der Waals surface area contributed by atoms with E-state index in [2.05, 4.69) is 12.2 Å². The van der Waals surface area contributed by atoms with E-state index in [0.29, 0.717) is 13.0 Å². The van der Waals surface area contributed by atoms with Crippen LogP contribution in [0, 0.1) is 0 Å². The summed E-state index contributed by atoms with van der Waals surface area (Å²) in [5.74, 6) is 0. The zero-order valence-electron chi connectivity index (χ0n) is 8.80. The predicted octanol–water partition coefficient (Wildman–Crippen LogP) is -0.552. The number of rotatable bonds is 3. The van der Waals surface area contributed by atoms with Crippen LogP contribution in [-0.4, -0.2) is 46.8 Å². The van der Waals surface area contributed by atoms with Gasteiger partial charge in [-0.15, -0.1) is 0 Å². The Labute approximate surface area is 95.3 Å². The van der Waals surface area contributed by atoms with E-state index in [0.717, 1.165) is 0 Å². The summed E-state index contributed by atoms with van der Waals surface area (Å²) in [5.41, 5.74) is 4.38. The van der Waals surface area contributed by atoms with Gasteiger partial charge < -0.3 is 10.8 Å². The van der Waals surface area contributed by atoms with Crippen molar-refractivity contribution < 1.29 is 13.5 Å². The summed E-state index contributed by atoms with van der Waals surface area (Å²) in [6, 6.07) is 0. The molecule has 3 N–H and O–H groups in total. The van der Waals surface area contributed by atoms with Gasteiger partial charge in [0, 0.05) is 13.1 Å². The van der Waals surface area contributed by atoms with Crippen LogP contribution in [0.5, 0.6) is 0 Å². The summed E-state index contributed by atoms with van der Waals surface area (Å²) in [5, 5.41) is 8.80. The third-order valence-corrected chi connectivity index (χ3v) is 5.31. The normalized spacial score (nSPS) is 30.3. The highest BCUT2D eigenvalue weighted by Gasteiger charge is 2.40. The van der Waals surface area contributed by atoms with Gasteiger partial charge in [0.15, 0.2) is 0 Å². The molecule has 0 radical (unpaired) electrons. The molecule has 1 fully saturated rings. The summed E-state index contributed by atoms with van der Waals surface area (Å²) in [6.45, 7) is 3.52. The Kier molecular flexibility index (Phi) is 3.39. The summed E-state index contributed by atoms with van der Waals surface area (Å²) in [6.07, 6.45) is 0.441. The average molecular weight is 252 g/mol. The fraction of sp³-hybridized carbons (Fsp3) is 0.875. The SMILES string of the molecule is CC(C(N)=S)S(=O)(=O)N1CCC(C)(O)C1. The molecule has 0 bridgehead atoms. The third-order valence-electron chi connectivity index (χ3n) is 2.62. The van der Waals surface area contributed by atoms with Crippen molar-refractivity contribution in [1.82, 2.24) is 4.31 Å². The number of β-amino-alcohol motifs (C(OH)–C–C–N with tert-alkyl or cyclic N) is 1. The van der Waals surface area contributed by atoms with Gasteiger partial charge in [-0.2, -0.15) is 4.31 Å². The minimum absolute atomic E-state index is 0.0402. The van der Waals surface area contributed by atoms with Gasteiger partial charge in [-0.25, -0.2) is 8.42 Å². The van der Waals surface area contributed by atoms with Crippen LogP contribution in [0.4, 0.5) is 0 Å². The lowest BCUT2D eigenvalue weighted by Crippen LogP contribution is -2.43. The molecule has 0 aromatic rings. The molecule has 2 unspecified atom stereocenters. The van der Waals surface area contributed by atoms with E-state index in [1.165, 1.54) is 11.2 Å². The van der Waals surface area contributed by atoms with Crippen molar-refractivity contribution in [3.63, 3.8) is 0 Å². The molecule has 88 valence electrons. The van der Waals surface area contributed by atoms with Crippen LogP contribution in [0.1, 0.15) is 20.3 Å². The Bertz CT molecular complexity index is 364. The van der Waals surface area contributed by atoms with E-state index in [4.69, 9.17) is 5.73 Å². The first kappa shape index (κ1) is 12.8. The molecular formula is C8H16N2O3S2. The van der Waals surface area contributed by atoms with Gasteiger partial charge in [0.25, 0.3) is 0 Å². The molecule has 1 heterocycles. The Hall–Kier alpha value is -0.240. The van der Waals surface area contributed by atoms with E-state index >= 15 is 0 Å². The molecule has 0 aromatic carbocycles. The number of hydrogen-bond donors (Lipinski definition) is 2. The molecule has 1 rings (SSSR count). The molecule has 1 saturated heterocycles. The largest absolute Gasteiger partial charge is 0.392 e. The first-order valence-electron chi connectivity index (χ1n) is 4.67. The summed E-state index contributed by atoms with van der Waals surface area (Å²) < 4.78 is 25.1. The second kappa shape index (κ2) is 3.97. The molecule has 0 aliphatic carbocycles. The highest BCUT2D eigenvalue weighted by molar-refractivity contribution is 7.92. The number of nitrogens with zero attached hydrogens (tertiary/aromatic N) is 1. The van der Waals surface area contributed by atoms with Crippen LogP contribution < -0.4 is 5.73 Å². The van der Waals surface area contributed by atoms with Crippen LogP contribution in [0.2, 0.25) is 0 Å². The molecular weight excluding hydrogens is 236 g/mol. The standard InChI is InChI=1S/C8H16N2O3S2/c1-6(7(9)14)15(12,13)10-4-3-8(2,11)5-10/h6,11H,3-5H2,1-2H3,(H2,9,14). The molecule has 0 aromatic heterocycles. The van der Waals surface area contributed by atoms with Crippen LogP contribution in [0.25, 0.3) is 0 Å². The quantitative estimate of drug-likeness (QED) is 0.658. The van der Waals surface area contributed by atoms with E-state index in [-0.39, 0.29) is 11.5 Å². The van der Waals surface area contributed by atoms with Crippen molar-refractivity contribution in [3.8, 4) is 0 Å². The fourth-order valence-electron chi connectivity index (χ4n) is 1.49. The van der Waals surface area contributed by atoms with Gasteiger partial charge in [-0.3, -0.25) is 0 Å². The van der Waals surface area contributed by atoms with Gasteiger partial charge in [0.05, 0.1) is 10.6 Å². The van der Waals surface area contributed by atoms with E-state index in [1.807, 2.05) is 0 Å². The minimum Gasteiger partial charge on any atom is -0.392 e. The zero-order valence-corrected chi connectivity index (χ0v) is 10.4. The van der Waals surface area contributed by atoms with Crippen molar-refractivity contribution in [1.29, 1.82) is 0 Å². The lowest BCUT2D eigenvalue weighted by atomic mass is 10.1. The van der Waals surface area contributed by atoms with Gasteiger partial charge in [-0.1, -0.05) is 12.2 Å². The average Bonchev–Trinajstić information content (AvgIpc) is 2.45. The highest BCUT2D eigenvalue weighted by Crippen LogP contribution is 2.24. The number of nitrogens with two attached hydrogens (primary N) is 1. The maximum atomic E-state index is 11.9. The topological polar surface area (TPSA) is 83.6 Å². The maximum Gasteiger partial charge on any atom is 0.223 e. The van der Waals surface area contributed by atoms with E-state index < -0.39 is 20.9 Å². The molecule has 2 atom stereocenters. The van der Waals surface area contributed by atoms with Gasteiger partial charge in [-0.05, 0) is 20.3 Å². The van der Waals surface area contributed by atoms with E-state index in [9.17, 15) is 13.5 Å². The maximum absolute atomic E-state index is 11.9. The molecule has 1 aliphatic heterocycles. The van der Waals surface area contributed by atoms with Crippen molar-refractivity contribution in [2.45, 2.75) is 31.1 Å². The predicted molar refractivity (Wildman–Crippen MR) is 62.0 cm³/mol. The van der Waals surface area contributed by atoms with Gasteiger partial charge in [0.1, 0.15) is 5.25 Å². The lowest BCUT2D eigenvalue weighted by molar-refractivity contribution is 0.0762. The molecule has 0 amide bonds. The summed E-state index contributed by atoms with van der Waals surface area (Å²) in [7, 11) is -3.50. The smallest absolute Gasteiger partial charge is 0.223 e. The second-order valence-corrected chi connectivity index (χ2v) is 6.89. The monoisotopic (exact) mass is 252 g/mol. The number of hydrogen-bond acceptors (Lipinski definition) is 4. The summed E-state index contributed by atoms with van der Waals surface area (Å²) in [4.78, 5) is -0.0402. The molecule has 0 spiro atoms. The minimum atomic E-state index is -3.50. The zero-order chi connectivity index (χ0) is 11.9. The second-order valence-electron chi connectivity index (χ2n) is 4.17. The van der Waals surface area contributed by atoms with Crippen LogP contribution >= 0.6 is 12.2 Å². The Balaban J connectivity index is 2.86. The van der Waals surface area contributed by atoms with Crippen molar-refractivity contribution in [3.05, 3.63) is 0 Å². The number of thiocarbonyl (C=S) groups is 1. The first-order chi connectivity index (χ1) is 6.67. The van der Waals surface area contributed by atoms with Gasteiger partial charge in [0.2, 0.25) is 10.0 Å². The molecule has 7 heteroatoms. The highest BCUT2D eigenvalue weighted by atomic mass is 32.2. The molecule has 0 saturated carbocycles. The van der Waals surface area contributed by atoms with Crippen LogP contribution in [0.3, 0.4) is 0 Å². The van der Waals surface area contributed by atoms with Crippen molar-refractivity contribution in [2.24, 2.45) is 5.73 Å². The number of sulfonamides is 1. The molecule has 1 aliphatic rings. The summed E-state index contributed by atoms with van der Waals surface area (Å²) >= 11 is 4.67. The third kappa shape index (κ3) is 2.66. The van der Waals surface area contributed by atoms with Crippen LogP contribution in [0.15, 0.2) is 0 Å². The van der Waals surface area contributed by atoms with Gasteiger partial charge >= 0.3 is 0 Å². The fourth-order valence-corrected chi connectivity index (χ4v) is 3.40. The Morgan fingerprint density at radius 1 is 1.67 bits per heavy atom. The van der Waals surface area contributed by atoms with Crippen LogP contribution in [-0.2, 0) is 10.0 Å². The molecule has 5 nitrogen and oxygen atoms in total. The Morgan fingerprint density at radius 3 is 2.53 bits per heavy atom. The molecule has 15 heavy (non-hydrogen) atoms. The number of aliphatic hydroxyl groups is 1. The Morgan fingerprint density at radius 2 is 2.20 bits per heavy atom. The first-order valence-corrected chi connectivity index (χ1v) is 6.59. The van der Waals surface area contributed by atoms with E-state index in [1.54, 1.807) is 6.92 Å². The van der Waals surface area contributed by atoms with Crippen molar-refractivity contribution >= 4 is 27.2 Å².